The number of nitrogens with zero attached hydrogens (tertiary/aromatic N) is 2. The second kappa shape index (κ2) is 13.8. The summed E-state index contributed by atoms with van der Waals surface area (Å²) in [5, 5.41) is 3.39. The van der Waals surface area contributed by atoms with Crippen molar-refractivity contribution in [2.75, 3.05) is 17.4 Å². The highest BCUT2D eigenvalue weighted by molar-refractivity contribution is 7.92. The van der Waals surface area contributed by atoms with E-state index in [1.54, 1.807) is 48.5 Å². The predicted molar refractivity (Wildman–Crippen MR) is 161 cm³/mol. The fourth-order valence-electron chi connectivity index (χ4n) is 4.39. The summed E-state index contributed by atoms with van der Waals surface area (Å²) in [6, 6.07) is 19.7. The number of carbonyl (C=O) groups excluding carboxylic acids is 2. The number of amides is 2. The molecule has 3 aromatic carbocycles. The second-order valence-electron chi connectivity index (χ2n) is 10.2. The van der Waals surface area contributed by atoms with Crippen LogP contribution in [0.25, 0.3) is 0 Å². The van der Waals surface area contributed by atoms with Gasteiger partial charge in [0.15, 0.2) is 0 Å². The molecule has 0 bridgehead atoms. The van der Waals surface area contributed by atoms with Gasteiger partial charge in [0, 0.05) is 18.1 Å². The zero-order chi connectivity index (χ0) is 29.4. The van der Waals surface area contributed by atoms with Crippen LogP contribution in [0, 0.1) is 19.8 Å². The fourth-order valence-corrected chi connectivity index (χ4v) is 6.08. The number of carbonyl (C=O) groups is 2. The summed E-state index contributed by atoms with van der Waals surface area (Å²) in [6.07, 6.45) is 0.342. The van der Waals surface area contributed by atoms with Gasteiger partial charge in [-0.3, -0.25) is 13.9 Å². The lowest BCUT2D eigenvalue weighted by Crippen LogP contribution is -2.52. The zero-order valence-electron chi connectivity index (χ0n) is 23.7. The number of sulfonamides is 1. The number of rotatable bonds is 12. The van der Waals surface area contributed by atoms with Gasteiger partial charge in [-0.15, -0.1) is 0 Å². The molecule has 9 heteroatoms. The van der Waals surface area contributed by atoms with Crippen LogP contribution in [0.1, 0.15) is 43.9 Å². The summed E-state index contributed by atoms with van der Waals surface area (Å²) in [4.78, 5) is 29.0. The van der Waals surface area contributed by atoms with E-state index in [-0.39, 0.29) is 23.3 Å². The number of hydrogen-bond acceptors (Lipinski definition) is 4. The van der Waals surface area contributed by atoms with E-state index in [9.17, 15) is 18.0 Å². The maximum atomic E-state index is 14.2. The van der Waals surface area contributed by atoms with Gasteiger partial charge in [-0.1, -0.05) is 80.9 Å². The Labute approximate surface area is 243 Å². The van der Waals surface area contributed by atoms with E-state index in [0.29, 0.717) is 29.2 Å². The van der Waals surface area contributed by atoms with Gasteiger partial charge in [0.25, 0.3) is 10.0 Å². The standard InChI is InChI=1S/C31H38ClN3O4S/c1-6-28(31(37)33-19-22(2)3)34(20-25-14-10-11-17-27(25)32)30(36)21-35(29-18-12-13-23(4)24(29)5)40(38,39)26-15-8-7-9-16-26/h7-18,22,28H,6,19-21H2,1-5H3,(H,33,37)/t28-/m0/s1. The minimum absolute atomic E-state index is 0.0537. The normalized spacial score (nSPS) is 12.2. The van der Waals surface area contributed by atoms with E-state index in [1.807, 2.05) is 46.8 Å². The molecular formula is C31H38ClN3O4S. The quantitative estimate of drug-likeness (QED) is 0.295. The number of halogens is 1. The van der Waals surface area contributed by atoms with Crippen molar-refractivity contribution in [1.82, 2.24) is 10.2 Å². The van der Waals surface area contributed by atoms with E-state index in [0.717, 1.165) is 15.4 Å². The molecule has 2 amide bonds. The molecule has 0 aliphatic heterocycles. The maximum absolute atomic E-state index is 14.2. The first-order valence-electron chi connectivity index (χ1n) is 13.4. The molecule has 0 aromatic heterocycles. The first-order chi connectivity index (χ1) is 19.0. The molecule has 1 atom stereocenters. The monoisotopic (exact) mass is 583 g/mol. The van der Waals surface area contributed by atoms with Crippen LogP contribution in [0.3, 0.4) is 0 Å². The van der Waals surface area contributed by atoms with Crippen LogP contribution in [0.2, 0.25) is 5.02 Å². The highest BCUT2D eigenvalue weighted by Gasteiger charge is 2.34. The van der Waals surface area contributed by atoms with Crippen molar-refractivity contribution in [3.8, 4) is 0 Å². The third-order valence-corrected chi connectivity index (χ3v) is 8.97. The Morgan fingerprint density at radius 2 is 1.57 bits per heavy atom. The van der Waals surface area contributed by atoms with E-state index in [1.165, 1.54) is 17.0 Å². The van der Waals surface area contributed by atoms with E-state index >= 15 is 0 Å². The SMILES string of the molecule is CC[C@@H](C(=O)NCC(C)C)N(Cc1ccccc1Cl)C(=O)CN(c1cccc(C)c1C)S(=O)(=O)c1ccccc1. The molecule has 1 N–H and O–H groups in total. The van der Waals surface area contributed by atoms with Crippen molar-refractivity contribution in [2.24, 2.45) is 5.92 Å². The van der Waals surface area contributed by atoms with Crippen molar-refractivity contribution in [2.45, 2.75) is 58.5 Å². The molecule has 0 radical (unpaired) electrons. The average molecular weight is 584 g/mol. The number of nitrogens with one attached hydrogen (secondary N) is 1. The first kappa shape index (κ1) is 31.2. The van der Waals surface area contributed by atoms with Gasteiger partial charge in [0.2, 0.25) is 11.8 Å². The van der Waals surface area contributed by atoms with Crippen LogP contribution in [0.4, 0.5) is 5.69 Å². The number of anilines is 1. The molecule has 0 heterocycles. The molecular weight excluding hydrogens is 546 g/mol. The Balaban J connectivity index is 2.09. The Hall–Kier alpha value is -3.36. The topological polar surface area (TPSA) is 86.8 Å². The average Bonchev–Trinajstić information content (AvgIpc) is 2.93. The van der Waals surface area contributed by atoms with Crippen molar-refractivity contribution in [3.05, 3.63) is 94.5 Å². The lowest BCUT2D eigenvalue weighted by molar-refractivity contribution is -0.140. The molecule has 0 aliphatic rings. The highest BCUT2D eigenvalue weighted by atomic mass is 35.5. The van der Waals surface area contributed by atoms with Crippen molar-refractivity contribution in [3.63, 3.8) is 0 Å². The maximum Gasteiger partial charge on any atom is 0.264 e. The van der Waals surface area contributed by atoms with Gasteiger partial charge in [-0.25, -0.2) is 8.42 Å². The van der Waals surface area contributed by atoms with E-state index in [2.05, 4.69) is 5.32 Å². The number of aryl methyl sites for hydroxylation is 1. The van der Waals surface area contributed by atoms with Crippen LogP contribution >= 0.6 is 11.6 Å². The van der Waals surface area contributed by atoms with Crippen LogP contribution in [-0.4, -0.2) is 44.3 Å². The first-order valence-corrected chi connectivity index (χ1v) is 15.2. The second-order valence-corrected chi connectivity index (χ2v) is 12.5. The Kier molecular flexibility index (Phi) is 10.8. The van der Waals surface area contributed by atoms with Crippen molar-refractivity contribution in [1.29, 1.82) is 0 Å². The largest absolute Gasteiger partial charge is 0.354 e. The summed E-state index contributed by atoms with van der Waals surface area (Å²) in [5.74, 6) is -0.572. The minimum atomic E-state index is -4.12. The Morgan fingerprint density at radius 3 is 2.20 bits per heavy atom. The minimum Gasteiger partial charge on any atom is -0.354 e. The highest BCUT2D eigenvalue weighted by Crippen LogP contribution is 2.29. The van der Waals surface area contributed by atoms with Crippen LogP contribution in [0.5, 0.6) is 0 Å². The van der Waals surface area contributed by atoms with E-state index < -0.39 is 28.5 Å². The van der Waals surface area contributed by atoms with Gasteiger partial charge >= 0.3 is 0 Å². The molecule has 3 rings (SSSR count). The molecule has 214 valence electrons. The summed E-state index contributed by atoms with van der Waals surface area (Å²) in [6.45, 7) is 9.56. The van der Waals surface area contributed by atoms with Gasteiger partial charge in [0.05, 0.1) is 10.6 Å². The Bertz CT molecular complexity index is 1430. The molecule has 0 fully saturated rings. The summed E-state index contributed by atoms with van der Waals surface area (Å²) >= 11 is 6.45. The molecule has 0 spiro atoms. The number of benzene rings is 3. The van der Waals surface area contributed by atoms with Crippen LogP contribution in [0.15, 0.2) is 77.7 Å². The van der Waals surface area contributed by atoms with Gasteiger partial charge in [-0.05, 0) is 67.1 Å². The predicted octanol–water partition coefficient (Wildman–Crippen LogP) is 5.73. The molecule has 40 heavy (non-hydrogen) atoms. The van der Waals surface area contributed by atoms with Crippen LogP contribution in [-0.2, 0) is 26.2 Å². The molecule has 0 saturated heterocycles. The zero-order valence-corrected chi connectivity index (χ0v) is 25.3. The molecule has 0 saturated carbocycles. The number of hydrogen-bond donors (Lipinski definition) is 1. The molecule has 0 unspecified atom stereocenters. The lowest BCUT2D eigenvalue weighted by atomic mass is 10.1. The fraction of sp³-hybridized carbons (Fsp3) is 0.355. The van der Waals surface area contributed by atoms with Crippen molar-refractivity contribution < 1.29 is 18.0 Å². The van der Waals surface area contributed by atoms with Crippen molar-refractivity contribution >= 4 is 39.1 Å². The third kappa shape index (κ3) is 7.43. The molecule has 3 aromatic rings. The van der Waals surface area contributed by atoms with Crippen LogP contribution < -0.4 is 9.62 Å². The van der Waals surface area contributed by atoms with Gasteiger partial charge < -0.3 is 10.2 Å². The Morgan fingerprint density at radius 1 is 0.925 bits per heavy atom. The third-order valence-electron chi connectivity index (χ3n) is 6.82. The molecule has 0 aliphatic carbocycles. The lowest BCUT2D eigenvalue weighted by Gasteiger charge is -2.34. The molecule has 7 nitrogen and oxygen atoms in total. The summed E-state index contributed by atoms with van der Waals surface area (Å²) in [7, 11) is -4.12. The van der Waals surface area contributed by atoms with E-state index in [4.69, 9.17) is 11.6 Å². The smallest absolute Gasteiger partial charge is 0.264 e. The summed E-state index contributed by atoms with van der Waals surface area (Å²) in [5.41, 5.74) is 2.71. The summed E-state index contributed by atoms with van der Waals surface area (Å²) < 4.78 is 29.1. The van der Waals surface area contributed by atoms with Gasteiger partial charge in [0.1, 0.15) is 12.6 Å². The van der Waals surface area contributed by atoms with Gasteiger partial charge in [-0.2, -0.15) is 0 Å².